The van der Waals surface area contributed by atoms with Crippen molar-refractivity contribution in [1.82, 2.24) is 15.0 Å². The smallest absolute Gasteiger partial charge is 0.408 e. The quantitative estimate of drug-likeness (QED) is 0.525. The highest BCUT2D eigenvalue weighted by atomic mass is 16.5. The van der Waals surface area contributed by atoms with Gasteiger partial charge in [-0.05, 0) is 24.1 Å². The molecule has 2 amide bonds. The number of carbonyl (C=O) groups is 2. The van der Waals surface area contributed by atoms with Gasteiger partial charge in [-0.15, -0.1) is 0 Å². The van der Waals surface area contributed by atoms with Gasteiger partial charge in [-0.2, -0.15) is 0 Å². The second-order valence-corrected chi connectivity index (χ2v) is 7.23. The number of amides is 2. The Balaban J connectivity index is 1.47. The molecule has 0 radical (unpaired) electrons. The summed E-state index contributed by atoms with van der Waals surface area (Å²) in [4.78, 5) is 36.1. The molecule has 1 saturated heterocycles. The number of hydrogen-bond acceptors (Lipinski definition) is 6. The summed E-state index contributed by atoms with van der Waals surface area (Å²) in [7, 11) is 0. The highest BCUT2D eigenvalue weighted by Gasteiger charge is 2.31. The van der Waals surface area contributed by atoms with Gasteiger partial charge >= 0.3 is 5.76 Å². The molecule has 2 aromatic carbocycles. The third-order valence-corrected chi connectivity index (χ3v) is 5.21. The number of hydrogen-bond donors (Lipinski definition) is 1. The zero-order chi connectivity index (χ0) is 20.7. The fourth-order valence-corrected chi connectivity index (χ4v) is 3.76. The van der Waals surface area contributed by atoms with E-state index in [0.717, 1.165) is 16.8 Å². The van der Waals surface area contributed by atoms with Crippen molar-refractivity contribution in [2.45, 2.75) is 25.3 Å². The molecule has 1 aliphatic rings. The fraction of sp³-hybridized carbons (Fsp3) is 0.182. The molecule has 4 aromatic rings. The van der Waals surface area contributed by atoms with Gasteiger partial charge < -0.3 is 8.94 Å². The lowest BCUT2D eigenvalue weighted by atomic mass is 10.0. The van der Waals surface area contributed by atoms with E-state index < -0.39 is 17.7 Å². The Morgan fingerprint density at radius 3 is 2.70 bits per heavy atom. The minimum absolute atomic E-state index is 0.176. The van der Waals surface area contributed by atoms with Crippen LogP contribution >= 0.6 is 0 Å². The number of aromatic nitrogens is 2. The minimum atomic E-state index is -0.776. The Morgan fingerprint density at radius 2 is 1.90 bits per heavy atom. The van der Waals surface area contributed by atoms with Crippen LogP contribution < -0.4 is 11.1 Å². The van der Waals surface area contributed by atoms with E-state index in [1.54, 1.807) is 12.1 Å². The van der Waals surface area contributed by atoms with Gasteiger partial charge in [0.2, 0.25) is 11.8 Å². The van der Waals surface area contributed by atoms with E-state index in [9.17, 15) is 14.4 Å². The molecule has 8 nitrogen and oxygen atoms in total. The van der Waals surface area contributed by atoms with Crippen LogP contribution in [0.4, 0.5) is 0 Å². The number of carbonyl (C=O) groups excluding carboxylic acids is 2. The van der Waals surface area contributed by atoms with E-state index in [0.29, 0.717) is 23.3 Å². The molecule has 150 valence electrons. The zero-order valence-electron chi connectivity index (χ0n) is 15.8. The average molecular weight is 403 g/mol. The van der Waals surface area contributed by atoms with Crippen molar-refractivity contribution in [1.29, 1.82) is 0 Å². The van der Waals surface area contributed by atoms with Crippen molar-refractivity contribution < 1.29 is 18.5 Å². The number of rotatable bonds is 4. The van der Waals surface area contributed by atoms with Crippen molar-refractivity contribution in [3.8, 4) is 11.3 Å². The Bertz CT molecular complexity index is 1320. The molecular formula is C22H17N3O5. The first-order chi connectivity index (χ1) is 14.6. The largest absolute Gasteiger partial charge is 0.420 e. The molecular weight excluding hydrogens is 386 g/mol. The molecule has 0 aliphatic carbocycles. The van der Waals surface area contributed by atoms with E-state index >= 15 is 0 Å². The van der Waals surface area contributed by atoms with Gasteiger partial charge in [-0.25, -0.2) is 4.79 Å². The van der Waals surface area contributed by atoms with E-state index in [2.05, 4.69) is 10.5 Å². The summed E-state index contributed by atoms with van der Waals surface area (Å²) in [6.45, 7) is 0. The van der Waals surface area contributed by atoms with Crippen molar-refractivity contribution >= 4 is 22.9 Å². The van der Waals surface area contributed by atoms with Gasteiger partial charge in [0.1, 0.15) is 17.5 Å². The average Bonchev–Trinajstić information content (AvgIpc) is 3.33. The molecule has 0 spiro atoms. The van der Waals surface area contributed by atoms with Crippen molar-refractivity contribution in [3.63, 3.8) is 0 Å². The zero-order valence-corrected chi connectivity index (χ0v) is 15.8. The summed E-state index contributed by atoms with van der Waals surface area (Å²) in [6.07, 6.45) is 0.895. The van der Waals surface area contributed by atoms with Crippen LogP contribution in [0.2, 0.25) is 0 Å². The van der Waals surface area contributed by atoms with Crippen LogP contribution in [-0.2, 0) is 16.0 Å². The summed E-state index contributed by atoms with van der Waals surface area (Å²) < 4.78 is 12.1. The summed E-state index contributed by atoms with van der Waals surface area (Å²) in [5, 5.41) is 6.40. The van der Waals surface area contributed by atoms with Crippen LogP contribution in [-0.4, -0.2) is 21.5 Å². The molecule has 0 bridgehead atoms. The van der Waals surface area contributed by atoms with Crippen LogP contribution in [0.3, 0.4) is 0 Å². The first-order valence-electron chi connectivity index (χ1n) is 9.57. The number of fused-ring (bicyclic) bond motifs is 1. The van der Waals surface area contributed by atoms with Crippen LogP contribution in [0.15, 0.2) is 68.3 Å². The maximum atomic E-state index is 12.4. The molecule has 1 fully saturated rings. The van der Waals surface area contributed by atoms with Crippen molar-refractivity contribution in [2.75, 3.05) is 0 Å². The molecule has 3 heterocycles. The highest BCUT2D eigenvalue weighted by Crippen LogP contribution is 2.25. The third kappa shape index (κ3) is 3.22. The molecule has 5 rings (SSSR count). The summed E-state index contributed by atoms with van der Waals surface area (Å²) >= 11 is 0. The monoisotopic (exact) mass is 403 g/mol. The molecule has 1 N–H and O–H groups in total. The molecule has 2 aromatic heterocycles. The first kappa shape index (κ1) is 18.1. The summed E-state index contributed by atoms with van der Waals surface area (Å²) in [6, 6.07) is 16.2. The Kier molecular flexibility index (Phi) is 4.31. The fourth-order valence-electron chi connectivity index (χ4n) is 3.76. The number of piperidine rings is 1. The SMILES string of the molecule is O=C1CCC(n2c(=O)oc3ccc(Cc4cc(-c5ccccc5)no4)cc32)C(=O)N1. The minimum Gasteiger partial charge on any atom is -0.408 e. The Morgan fingerprint density at radius 1 is 1.07 bits per heavy atom. The van der Waals surface area contributed by atoms with Crippen molar-refractivity contribution in [3.05, 3.63) is 76.5 Å². The van der Waals surface area contributed by atoms with Gasteiger partial charge in [0.05, 0.1) is 5.52 Å². The second kappa shape index (κ2) is 7.14. The number of nitrogens with one attached hydrogen (secondary N) is 1. The predicted molar refractivity (Wildman–Crippen MR) is 107 cm³/mol. The van der Waals surface area contributed by atoms with E-state index in [-0.39, 0.29) is 18.7 Å². The lowest BCUT2D eigenvalue weighted by molar-refractivity contribution is -0.135. The molecule has 1 aliphatic heterocycles. The third-order valence-electron chi connectivity index (χ3n) is 5.21. The van der Waals surface area contributed by atoms with E-state index in [1.807, 2.05) is 42.5 Å². The van der Waals surface area contributed by atoms with Gasteiger partial charge in [0.25, 0.3) is 0 Å². The van der Waals surface area contributed by atoms with Crippen LogP contribution in [0.25, 0.3) is 22.4 Å². The van der Waals surface area contributed by atoms with Gasteiger partial charge in [-0.1, -0.05) is 41.6 Å². The lowest BCUT2D eigenvalue weighted by Crippen LogP contribution is -2.43. The number of nitrogens with zero attached hydrogens (tertiary/aromatic N) is 2. The number of benzene rings is 2. The predicted octanol–water partition coefficient (Wildman–Crippen LogP) is 2.82. The number of imide groups is 1. The molecule has 8 heteroatoms. The second-order valence-electron chi connectivity index (χ2n) is 7.23. The summed E-state index contributed by atoms with van der Waals surface area (Å²) in [5.41, 5.74) is 3.48. The molecule has 1 atom stereocenters. The highest BCUT2D eigenvalue weighted by molar-refractivity contribution is 6.00. The van der Waals surface area contributed by atoms with E-state index in [1.165, 1.54) is 4.57 Å². The maximum absolute atomic E-state index is 12.4. The Labute approximate surface area is 170 Å². The first-order valence-corrected chi connectivity index (χ1v) is 9.57. The summed E-state index contributed by atoms with van der Waals surface area (Å²) in [5.74, 6) is -0.782. The molecule has 1 unspecified atom stereocenters. The lowest BCUT2D eigenvalue weighted by Gasteiger charge is -2.21. The standard InChI is InChI=1S/C22H17N3O5/c26-20-9-7-17(21(27)23-20)25-18-11-13(6-8-19(18)29-22(25)28)10-15-12-16(24-30-15)14-4-2-1-3-5-14/h1-6,8,11-12,17H,7,9-10H2,(H,23,26,27). The van der Waals surface area contributed by atoms with Crippen LogP contribution in [0.1, 0.15) is 30.2 Å². The Hall–Kier alpha value is -3.94. The van der Waals surface area contributed by atoms with Gasteiger partial charge in [0, 0.05) is 24.5 Å². The normalized spacial score (nSPS) is 16.7. The molecule has 0 saturated carbocycles. The van der Waals surface area contributed by atoms with Crippen LogP contribution in [0.5, 0.6) is 0 Å². The molecule has 30 heavy (non-hydrogen) atoms. The van der Waals surface area contributed by atoms with E-state index in [4.69, 9.17) is 8.94 Å². The van der Waals surface area contributed by atoms with Crippen molar-refractivity contribution in [2.24, 2.45) is 0 Å². The number of oxazole rings is 1. The van der Waals surface area contributed by atoms with Gasteiger partial charge in [0.15, 0.2) is 5.58 Å². The van der Waals surface area contributed by atoms with Gasteiger partial charge in [-0.3, -0.25) is 19.5 Å². The van der Waals surface area contributed by atoms with Crippen LogP contribution in [0, 0.1) is 0 Å². The topological polar surface area (TPSA) is 107 Å². The maximum Gasteiger partial charge on any atom is 0.420 e.